The molecule has 2 rings (SSSR count). The number of nitriles is 1. The Morgan fingerprint density at radius 1 is 1.18 bits per heavy atom. The number of carbonyl (C=O) groups excluding carboxylic acids is 1. The number of benzene rings is 1. The first kappa shape index (κ1) is 15.4. The Morgan fingerprint density at radius 2 is 1.82 bits per heavy atom. The number of carbonyl (C=O) groups is 1. The van der Waals surface area contributed by atoms with Crippen molar-refractivity contribution in [1.82, 2.24) is 9.97 Å². The number of anilines is 2. The van der Waals surface area contributed by atoms with E-state index in [1.807, 2.05) is 26.8 Å². The topological polar surface area (TPSA) is 90.7 Å². The number of aromatic nitrogens is 2. The highest BCUT2D eigenvalue weighted by molar-refractivity contribution is 6.04. The number of hydrogen-bond donors (Lipinski definition) is 2. The van der Waals surface area contributed by atoms with Crippen LogP contribution in [0.5, 0.6) is 0 Å². The molecule has 0 atom stereocenters. The number of para-hydroxylation sites is 1. The van der Waals surface area contributed by atoms with Gasteiger partial charge in [0.05, 0.1) is 16.8 Å². The van der Waals surface area contributed by atoms with E-state index < -0.39 is 0 Å². The zero-order chi connectivity index (χ0) is 16.2. The van der Waals surface area contributed by atoms with E-state index >= 15 is 0 Å². The van der Waals surface area contributed by atoms with Crippen LogP contribution in [0.2, 0.25) is 0 Å². The molecule has 0 unspecified atom stereocenters. The normalized spacial score (nSPS) is 10.6. The smallest absolute Gasteiger partial charge is 0.258 e. The Hall–Kier alpha value is -2.94. The van der Waals surface area contributed by atoms with Gasteiger partial charge in [0.1, 0.15) is 6.07 Å². The molecular formula is C16H17N5O. The van der Waals surface area contributed by atoms with Crippen LogP contribution in [0.25, 0.3) is 0 Å². The Morgan fingerprint density at radius 3 is 2.41 bits per heavy atom. The van der Waals surface area contributed by atoms with Gasteiger partial charge in [-0.1, -0.05) is 12.1 Å². The first-order chi connectivity index (χ1) is 10.4. The molecule has 0 spiro atoms. The van der Waals surface area contributed by atoms with Crippen molar-refractivity contribution in [3.63, 3.8) is 0 Å². The summed E-state index contributed by atoms with van der Waals surface area (Å²) < 4.78 is 0. The molecule has 1 heterocycles. The summed E-state index contributed by atoms with van der Waals surface area (Å²) in [6, 6.07) is 8.84. The van der Waals surface area contributed by atoms with Gasteiger partial charge in [-0.3, -0.25) is 4.79 Å². The molecule has 0 fully saturated rings. The maximum atomic E-state index is 12.2. The summed E-state index contributed by atoms with van der Waals surface area (Å²) in [5, 5.41) is 14.8. The SMILES string of the molecule is CC(C)(C)Nc1ncc(C(=O)Nc2ccccc2C#N)cn1. The predicted molar refractivity (Wildman–Crippen MR) is 84.5 cm³/mol. The van der Waals surface area contributed by atoms with Gasteiger partial charge in [0.25, 0.3) is 5.91 Å². The van der Waals surface area contributed by atoms with Crippen LogP contribution in [0.1, 0.15) is 36.7 Å². The van der Waals surface area contributed by atoms with Gasteiger partial charge in [0.15, 0.2) is 0 Å². The van der Waals surface area contributed by atoms with Crippen molar-refractivity contribution in [3.8, 4) is 6.07 Å². The molecule has 6 nitrogen and oxygen atoms in total. The molecule has 0 aliphatic carbocycles. The second-order valence-corrected chi connectivity index (χ2v) is 5.78. The lowest BCUT2D eigenvalue weighted by Crippen LogP contribution is -2.27. The standard InChI is InChI=1S/C16H17N5O/c1-16(2,3)21-15-18-9-12(10-19-15)14(22)20-13-7-5-4-6-11(13)8-17/h4-7,9-10H,1-3H3,(H,20,22)(H,18,19,21). The monoisotopic (exact) mass is 295 g/mol. The summed E-state index contributed by atoms with van der Waals surface area (Å²) in [6.07, 6.45) is 2.90. The van der Waals surface area contributed by atoms with Crippen molar-refractivity contribution in [2.75, 3.05) is 10.6 Å². The third-order valence-electron chi connectivity index (χ3n) is 2.70. The maximum Gasteiger partial charge on any atom is 0.258 e. The lowest BCUT2D eigenvalue weighted by Gasteiger charge is -2.20. The molecule has 1 amide bonds. The molecule has 6 heteroatoms. The van der Waals surface area contributed by atoms with Crippen LogP contribution in [-0.2, 0) is 0 Å². The summed E-state index contributed by atoms with van der Waals surface area (Å²) >= 11 is 0. The number of nitrogens with zero attached hydrogens (tertiary/aromatic N) is 3. The van der Waals surface area contributed by atoms with E-state index in [-0.39, 0.29) is 11.4 Å². The zero-order valence-electron chi connectivity index (χ0n) is 12.7. The van der Waals surface area contributed by atoms with Crippen LogP contribution >= 0.6 is 0 Å². The van der Waals surface area contributed by atoms with Gasteiger partial charge >= 0.3 is 0 Å². The summed E-state index contributed by atoms with van der Waals surface area (Å²) in [5.41, 5.74) is 1.04. The number of rotatable bonds is 3. The van der Waals surface area contributed by atoms with E-state index in [1.54, 1.807) is 24.3 Å². The third kappa shape index (κ3) is 4.03. The minimum absolute atomic E-state index is 0.157. The predicted octanol–water partition coefficient (Wildman–Crippen LogP) is 2.81. The van der Waals surface area contributed by atoms with Crippen LogP contribution in [0.15, 0.2) is 36.7 Å². The van der Waals surface area contributed by atoms with Crippen molar-refractivity contribution in [2.45, 2.75) is 26.3 Å². The van der Waals surface area contributed by atoms with E-state index in [1.165, 1.54) is 12.4 Å². The van der Waals surface area contributed by atoms with Gasteiger partial charge in [0.2, 0.25) is 5.95 Å². The van der Waals surface area contributed by atoms with E-state index in [2.05, 4.69) is 20.6 Å². The second kappa shape index (κ2) is 6.22. The van der Waals surface area contributed by atoms with Gasteiger partial charge in [0, 0.05) is 17.9 Å². The fourth-order valence-electron chi connectivity index (χ4n) is 1.73. The van der Waals surface area contributed by atoms with Gasteiger partial charge in [-0.25, -0.2) is 9.97 Å². The molecule has 2 N–H and O–H groups in total. The van der Waals surface area contributed by atoms with Gasteiger partial charge < -0.3 is 10.6 Å². The minimum atomic E-state index is -0.356. The summed E-state index contributed by atoms with van der Waals surface area (Å²) in [4.78, 5) is 20.4. The highest BCUT2D eigenvalue weighted by Crippen LogP contribution is 2.15. The highest BCUT2D eigenvalue weighted by Gasteiger charge is 2.13. The summed E-state index contributed by atoms with van der Waals surface area (Å²) in [7, 11) is 0. The van der Waals surface area contributed by atoms with Crippen LogP contribution in [-0.4, -0.2) is 21.4 Å². The maximum absolute atomic E-state index is 12.2. The molecule has 1 aromatic carbocycles. The largest absolute Gasteiger partial charge is 0.350 e. The van der Waals surface area contributed by atoms with Crippen molar-refractivity contribution < 1.29 is 4.79 Å². The molecule has 0 saturated heterocycles. The summed E-state index contributed by atoms with van der Waals surface area (Å²) in [6.45, 7) is 5.99. The Kier molecular flexibility index (Phi) is 4.37. The molecule has 0 radical (unpaired) electrons. The Bertz CT molecular complexity index is 711. The fraction of sp³-hybridized carbons (Fsp3) is 0.250. The van der Waals surface area contributed by atoms with Gasteiger partial charge in [-0.2, -0.15) is 5.26 Å². The second-order valence-electron chi connectivity index (χ2n) is 5.78. The summed E-state index contributed by atoms with van der Waals surface area (Å²) in [5.74, 6) is 0.103. The molecule has 0 aliphatic rings. The minimum Gasteiger partial charge on any atom is -0.350 e. The quantitative estimate of drug-likeness (QED) is 0.908. The van der Waals surface area contributed by atoms with Crippen molar-refractivity contribution in [3.05, 3.63) is 47.8 Å². The Balaban J connectivity index is 2.12. The highest BCUT2D eigenvalue weighted by atomic mass is 16.1. The number of nitrogens with one attached hydrogen (secondary N) is 2. The lowest BCUT2D eigenvalue weighted by atomic mass is 10.1. The van der Waals surface area contributed by atoms with Crippen molar-refractivity contribution in [2.24, 2.45) is 0 Å². The van der Waals surface area contributed by atoms with Crippen LogP contribution < -0.4 is 10.6 Å². The first-order valence-corrected chi connectivity index (χ1v) is 6.80. The number of hydrogen-bond acceptors (Lipinski definition) is 5. The van der Waals surface area contributed by atoms with Crippen LogP contribution in [0.3, 0.4) is 0 Å². The molecule has 0 saturated carbocycles. The van der Waals surface area contributed by atoms with Crippen molar-refractivity contribution in [1.29, 1.82) is 5.26 Å². The average molecular weight is 295 g/mol. The third-order valence-corrected chi connectivity index (χ3v) is 2.70. The molecule has 22 heavy (non-hydrogen) atoms. The molecule has 112 valence electrons. The zero-order valence-corrected chi connectivity index (χ0v) is 12.7. The Labute approximate surface area is 129 Å². The first-order valence-electron chi connectivity index (χ1n) is 6.80. The lowest BCUT2D eigenvalue weighted by molar-refractivity contribution is 0.102. The van der Waals surface area contributed by atoms with Gasteiger partial charge in [-0.05, 0) is 32.9 Å². The van der Waals surface area contributed by atoms with Crippen LogP contribution in [0.4, 0.5) is 11.6 Å². The molecular weight excluding hydrogens is 278 g/mol. The molecule has 2 aromatic rings. The van der Waals surface area contributed by atoms with E-state index in [9.17, 15) is 4.79 Å². The fourth-order valence-corrected chi connectivity index (χ4v) is 1.73. The molecule has 0 aliphatic heterocycles. The average Bonchev–Trinajstić information content (AvgIpc) is 2.47. The van der Waals surface area contributed by atoms with Crippen molar-refractivity contribution >= 4 is 17.5 Å². The van der Waals surface area contributed by atoms with E-state index in [0.717, 1.165) is 0 Å². The van der Waals surface area contributed by atoms with Crippen LogP contribution in [0, 0.1) is 11.3 Å². The van der Waals surface area contributed by atoms with E-state index in [0.29, 0.717) is 22.8 Å². The van der Waals surface area contributed by atoms with E-state index in [4.69, 9.17) is 5.26 Å². The molecule has 1 aromatic heterocycles. The van der Waals surface area contributed by atoms with Gasteiger partial charge in [-0.15, -0.1) is 0 Å². The molecule has 0 bridgehead atoms. The number of amides is 1.